The number of carbonyl (C=O) groups excluding carboxylic acids is 1. The molecule has 0 N–H and O–H groups in total. The van der Waals surface area contributed by atoms with Crippen LogP contribution < -0.4 is 0 Å². The summed E-state index contributed by atoms with van der Waals surface area (Å²) in [5.41, 5.74) is 4.53. The third-order valence-corrected chi connectivity index (χ3v) is 5.92. The normalized spacial score (nSPS) is 20.5. The van der Waals surface area contributed by atoms with E-state index in [1.54, 1.807) is 4.90 Å². The first-order chi connectivity index (χ1) is 13.0. The summed E-state index contributed by atoms with van der Waals surface area (Å²) < 4.78 is 5.79. The molecule has 1 fully saturated rings. The quantitative estimate of drug-likeness (QED) is 0.761. The summed E-state index contributed by atoms with van der Waals surface area (Å²) in [6, 6.07) is 19.0. The number of hydrogen-bond donors (Lipinski definition) is 0. The summed E-state index contributed by atoms with van der Waals surface area (Å²) in [5.74, 6) is 0.0822. The highest BCUT2D eigenvalue weighted by Crippen LogP contribution is 2.44. The Bertz CT molecular complexity index is 867. The van der Waals surface area contributed by atoms with Gasteiger partial charge < -0.3 is 9.64 Å². The van der Waals surface area contributed by atoms with E-state index in [9.17, 15) is 10.1 Å². The van der Waals surface area contributed by atoms with Crippen molar-refractivity contribution in [3.8, 4) is 17.2 Å². The maximum absolute atomic E-state index is 12.8. The summed E-state index contributed by atoms with van der Waals surface area (Å²) in [6.07, 6.45) is 1.12. The molecule has 0 bridgehead atoms. The minimum Gasteiger partial charge on any atom is -0.448 e. The standard InChI is InChI=1S/C23H24N2O2/c1-23(2)13-16(14-24)11-12-25(23)22(26)27-15-21-19-9-5-3-7-17(19)18-8-4-6-10-20(18)21/h3-10,16,21H,11-13,15H2,1-2H3. The highest BCUT2D eigenvalue weighted by atomic mass is 16.6. The molecule has 1 amide bonds. The molecule has 4 heteroatoms. The summed E-state index contributed by atoms with van der Waals surface area (Å²) in [6.45, 7) is 4.93. The first-order valence-electron chi connectivity index (χ1n) is 9.53. The predicted octanol–water partition coefficient (Wildman–Crippen LogP) is 4.95. The van der Waals surface area contributed by atoms with E-state index in [1.165, 1.54) is 22.3 Å². The third kappa shape index (κ3) is 3.08. The lowest BCUT2D eigenvalue weighted by molar-refractivity contribution is 0.0337. The zero-order valence-corrected chi connectivity index (χ0v) is 15.8. The fraction of sp³-hybridized carbons (Fsp3) is 0.391. The van der Waals surface area contributed by atoms with Gasteiger partial charge in [0.1, 0.15) is 6.61 Å². The lowest BCUT2D eigenvalue weighted by atomic mass is 9.84. The van der Waals surface area contributed by atoms with Crippen molar-refractivity contribution in [1.82, 2.24) is 4.90 Å². The molecule has 2 aliphatic rings. The number of rotatable bonds is 2. The second kappa shape index (κ2) is 6.74. The average Bonchev–Trinajstić information content (AvgIpc) is 2.99. The molecule has 1 unspecified atom stereocenters. The molecule has 0 aromatic heterocycles. The highest BCUT2D eigenvalue weighted by Gasteiger charge is 2.39. The predicted molar refractivity (Wildman–Crippen MR) is 104 cm³/mol. The van der Waals surface area contributed by atoms with Crippen LogP contribution in [-0.2, 0) is 4.74 Å². The Balaban J connectivity index is 1.51. The van der Waals surface area contributed by atoms with Gasteiger partial charge in [-0.2, -0.15) is 5.26 Å². The van der Waals surface area contributed by atoms with Crippen LogP contribution in [0, 0.1) is 17.2 Å². The third-order valence-electron chi connectivity index (χ3n) is 5.92. The molecular weight excluding hydrogens is 336 g/mol. The molecule has 1 aliphatic carbocycles. The van der Waals surface area contributed by atoms with Gasteiger partial charge >= 0.3 is 6.09 Å². The summed E-state index contributed by atoms with van der Waals surface area (Å²) in [7, 11) is 0. The molecule has 0 saturated carbocycles. The zero-order chi connectivity index (χ0) is 19.0. The number of amides is 1. The highest BCUT2D eigenvalue weighted by molar-refractivity contribution is 5.79. The lowest BCUT2D eigenvalue weighted by Gasteiger charge is -2.43. The Morgan fingerprint density at radius 3 is 2.30 bits per heavy atom. The van der Waals surface area contributed by atoms with Crippen molar-refractivity contribution in [1.29, 1.82) is 5.26 Å². The van der Waals surface area contributed by atoms with Crippen LogP contribution in [0.1, 0.15) is 43.7 Å². The molecule has 1 atom stereocenters. The van der Waals surface area contributed by atoms with Crippen LogP contribution in [0.3, 0.4) is 0 Å². The number of likely N-dealkylation sites (tertiary alicyclic amines) is 1. The topological polar surface area (TPSA) is 53.3 Å². The Morgan fingerprint density at radius 1 is 1.15 bits per heavy atom. The number of fused-ring (bicyclic) bond motifs is 3. The van der Waals surface area contributed by atoms with E-state index in [4.69, 9.17) is 4.74 Å². The number of nitrogens with zero attached hydrogens (tertiary/aromatic N) is 2. The van der Waals surface area contributed by atoms with E-state index in [-0.39, 0.29) is 23.5 Å². The smallest absolute Gasteiger partial charge is 0.410 e. The van der Waals surface area contributed by atoms with Crippen LogP contribution in [0.4, 0.5) is 4.79 Å². The van der Waals surface area contributed by atoms with Gasteiger partial charge in [-0.15, -0.1) is 0 Å². The molecule has 1 saturated heterocycles. The second-order valence-corrected chi connectivity index (χ2v) is 8.09. The number of nitriles is 1. The van der Waals surface area contributed by atoms with E-state index < -0.39 is 0 Å². The van der Waals surface area contributed by atoms with Gasteiger partial charge in [0.15, 0.2) is 0 Å². The van der Waals surface area contributed by atoms with E-state index in [1.807, 2.05) is 38.1 Å². The van der Waals surface area contributed by atoms with Crippen molar-refractivity contribution in [2.75, 3.05) is 13.2 Å². The van der Waals surface area contributed by atoms with Crippen LogP contribution in [0.15, 0.2) is 48.5 Å². The largest absolute Gasteiger partial charge is 0.448 e. The molecule has 138 valence electrons. The van der Waals surface area contributed by atoms with Gasteiger partial charge in [0.05, 0.1) is 12.0 Å². The lowest BCUT2D eigenvalue weighted by Crippen LogP contribution is -2.53. The minimum absolute atomic E-state index is 0.0117. The van der Waals surface area contributed by atoms with E-state index in [2.05, 4.69) is 30.3 Å². The van der Waals surface area contributed by atoms with Crippen LogP contribution in [0.5, 0.6) is 0 Å². The molecule has 0 radical (unpaired) electrons. The van der Waals surface area contributed by atoms with Crippen LogP contribution in [0.2, 0.25) is 0 Å². The Hall–Kier alpha value is -2.80. The monoisotopic (exact) mass is 360 g/mol. The van der Waals surface area contributed by atoms with Crippen molar-refractivity contribution in [2.45, 2.75) is 38.1 Å². The maximum atomic E-state index is 12.8. The molecular formula is C23H24N2O2. The van der Waals surface area contributed by atoms with Crippen molar-refractivity contribution >= 4 is 6.09 Å². The second-order valence-electron chi connectivity index (χ2n) is 8.09. The summed E-state index contributed by atoms with van der Waals surface area (Å²) in [4.78, 5) is 14.6. The molecule has 1 heterocycles. The Kier molecular flexibility index (Phi) is 4.39. The van der Waals surface area contributed by atoms with Crippen LogP contribution in [0.25, 0.3) is 11.1 Å². The van der Waals surface area contributed by atoms with Gasteiger partial charge in [-0.05, 0) is 48.9 Å². The first-order valence-corrected chi connectivity index (χ1v) is 9.53. The van der Waals surface area contributed by atoms with Gasteiger partial charge in [-0.25, -0.2) is 4.79 Å². The van der Waals surface area contributed by atoms with E-state index >= 15 is 0 Å². The fourth-order valence-corrected chi connectivity index (χ4v) is 4.52. The first kappa shape index (κ1) is 17.6. The fourth-order valence-electron chi connectivity index (χ4n) is 4.52. The van der Waals surface area contributed by atoms with E-state index in [0.717, 1.165) is 0 Å². The minimum atomic E-state index is -0.360. The molecule has 27 heavy (non-hydrogen) atoms. The summed E-state index contributed by atoms with van der Waals surface area (Å²) >= 11 is 0. The number of hydrogen-bond acceptors (Lipinski definition) is 3. The van der Waals surface area contributed by atoms with Gasteiger partial charge in [-0.3, -0.25) is 0 Å². The van der Waals surface area contributed by atoms with Crippen LogP contribution >= 0.6 is 0 Å². The molecule has 4 rings (SSSR count). The van der Waals surface area contributed by atoms with Gasteiger partial charge in [0.2, 0.25) is 0 Å². The van der Waals surface area contributed by atoms with Crippen molar-refractivity contribution in [3.63, 3.8) is 0 Å². The molecule has 4 nitrogen and oxygen atoms in total. The zero-order valence-electron chi connectivity index (χ0n) is 15.8. The average molecular weight is 360 g/mol. The van der Waals surface area contributed by atoms with Crippen molar-refractivity contribution in [2.24, 2.45) is 5.92 Å². The maximum Gasteiger partial charge on any atom is 0.410 e. The van der Waals surface area contributed by atoms with Crippen molar-refractivity contribution < 1.29 is 9.53 Å². The van der Waals surface area contributed by atoms with E-state index in [0.29, 0.717) is 26.0 Å². The number of piperidine rings is 1. The van der Waals surface area contributed by atoms with Gasteiger partial charge in [-0.1, -0.05) is 48.5 Å². The molecule has 1 aliphatic heterocycles. The van der Waals surface area contributed by atoms with Crippen molar-refractivity contribution in [3.05, 3.63) is 59.7 Å². The number of benzene rings is 2. The summed E-state index contributed by atoms with van der Waals surface area (Å²) in [5, 5.41) is 9.20. The van der Waals surface area contributed by atoms with Gasteiger partial charge in [0, 0.05) is 18.0 Å². The van der Waals surface area contributed by atoms with Crippen LogP contribution in [-0.4, -0.2) is 29.7 Å². The number of carbonyl (C=O) groups is 1. The number of ether oxygens (including phenoxy) is 1. The Morgan fingerprint density at radius 2 is 1.74 bits per heavy atom. The SMILES string of the molecule is CC1(C)CC(C#N)CCN1C(=O)OCC1c2ccccc2-c2ccccc21. The molecule has 0 spiro atoms. The Labute approximate surface area is 160 Å². The molecule has 2 aromatic carbocycles. The van der Waals surface area contributed by atoms with Gasteiger partial charge in [0.25, 0.3) is 0 Å². The molecule has 2 aromatic rings.